The van der Waals surface area contributed by atoms with E-state index in [9.17, 15) is 4.79 Å². The third-order valence-electron chi connectivity index (χ3n) is 3.18. The quantitative estimate of drug-likeness (QED) is 0.825. The number of carbonyl (C=O) groups is 1. The minimum Gasteiger partial charge on any atom is -0.391 e. The van der Waals surface area contributed by atoms with Crippen LogP contribution >= 0.6 is 12.2 Å². The zero-order chi connectivity index (χ0) is 15.4. The molecule has 0 aliphatic carbocycles. The van der Waals surface area contributed by atoms with Gasteiger partial charge in [0.2, 0.25) is 0 Å². The van der Waals surface area contributed by atoms with Crippen LogP contribution in [-0.4, -0.2) is 20.7 Å². The molecular weight excluding hydrogens is 284 g/mol. The maximum atomic E-state index is 12.4. The Morgan fingerprint density at radius 3 is 2.67 bits per heavy atom. The lowest BCUT2D eigenvalue weighted by atomic mass is 10.1. The van der Waals surface area contributed by atoms with E-state index in [1.807, 2.05) is 37.3 Å². The highest BCUT2D eigenvalue weighted by Gasteiger charge is 2.21. The van der Waals surface area contributed by atoms with Gasteiger partial charge in [-0.3, -0.25) is 9.48 Å². The van der Waals surface area contributed by atoms with Crippen molar-refractivity contribution in [2.75, 3.05) is 0 Å². The van der Waals surface area contributed by atoms with Crippen molar-refractivity contribution in [3.8, 4) is 0 Å². The molecule has 3 N–H and O–H groups in total. The third-order valence-corrected chi connectivity index (χ3v) is 3.41. The van der Waals surface area contributed by atoms with E-state index in [1.54, 1.807) is 17.9 Å². The van der Waals surface area contributed by atoms with Crippen molar-refractivity contribution in [2.45, 2.75) is 19.4 Å². The Kier molecular flexibility index (Phi) is 4.70. The number of nitrogens with zero attached hydrogens (tertiary/aromatic N) is 2. The van der Waals surface area contributed by atoms with Gasteiger partial charge < -0.3 is 11.1 Å². The highest BCUT2D eigenvalue weighted by atomic mass is 32.1. The average Bonchev–Trinajstić information content (AvgIpc) is 2.86. The van der Waals surface area contributed by atoms with Crippen LogP contribution in [0.5, 0.6) is 0 Å². The van der Waals surface area contributed by atoms with E-state index >= 15 is 0 Å². The highest BCUT2D eigenvalue weighted by molar-refractivity contribution is 7.80. The van der Waals surface area contributed by atoms with Crippen LogP contribution in [0.3, 0.4) is 0 Å². The molecule has 110 valence electrons. The van der Waals surface area contributed by atoms with Gasteiger partial charge in [-0.05, 0) is 12.0 Å². The van der Waals surface area contributed by atoms with Gasteiger partial charge in [0.25, 0.3) is 5.91 Å². The van der Waals surface area contributed by atoms with E-state index in [-0.39, 0.29) is 10.9 Å². The van der Waals surface area contributed by atoms with Crippen molar-refractivity contribution in [3.63, 3.8) is 0 Å². The van der Waals surface area contributed by atoms with E-state index in [0.29, 0.717) is 12.0 Å². The molecule has 1 heterocycles. The van der Waals surface area contributed by atoms with Gasteiger partial charge in [0.15, 0.2) is 0 Å². The molecule has 5 nitrogen and oxygen atoms in total. The second kappa shape index (κ2) is 6.49. The van der Waals surface area contributed by atoms with Crippen molar-refractivity contribution in [2.24, 2.45) is 12.8 Å². The zero-order valence-corrected chi connectivity index (χ0v) is 12.9. The largest absolute Gasteiger partial charge is 0.391 e. The number of nitrogens with one attached hydrogen (secondary N) is 1. The minimum atomic E-state index is -0.487. The van der Waals surface area contributed by atoms with E-state index < -0.39 is 6.04 Å². The fourth-order valence-corrected chi connectivity index (χ4v) is 2.35. The average molecular weight is 302 g/mol. The first-order valence-corrected chi connectivity index (χ1v) is 7.11. The van der Waals surface area contributed by atoms with E-state index in [2.05, 4.69) is 10.4 Å². The molecule has 6 heteroatoms. The molecule has 2 aromatic rings. The molecular formula is C15H18N4OS. The fourth-order valence-electron chi connectivity index (χ4n) is 2.16. The lowest BCUT2D eigenvalue weighted by Gasteiger charge is -2.17. The standard InChI is InChI=1S/C15H18N4OS/c1-3-12-11(9-19(2)18-12)15(20)17-13(14(16)21)10-7-5-4-6-8-10/h4-9,13H,3H2,1-2H3,(H2,16,21)(H,17,20). The Morgan fingerprint density at radius 2 is 2.10 bits per heavy atom. The van der Waals surface area contributed by atoms with Crippen LogP contribution in [0, 0.1) is 0 Å². The van der Waals surface area contributed by atoms with Gasteiger partial charge in [-0.15, -0.1) is 0 Å². The third kappa shape index (κ3) is 3.46. The van der Waals surface area contributed by atoms with Crippen LogP contribution in [0.25, 0.3) is 0 Å². The lowest BCUT2D eigenvalue weighted by Crippen LogP contribution is -2.36. The number of nitrogens with two attached hydrogens (primary N) is 1. The molecule has 0 radical (unpaired) electrons. The first-order chi connectivity index (χ1) is 10.0. The van der Waals surface area contributed by atoms with Crippen molar-refractivity contribution in [1.29, 1.82) is 0 Å². The Labute approximate surface area is 129 Å². The summed E-state index contributed by atoms with van der Waals surface area (Å²) in [6, 6.07) is 8.95. The smallest absolute Gasteiger partial charge is 0.255 e. The number of benzene rings is 1. The first kappa shape index (κ1) is 15.2. The molecule has 0 saturated heterocycles. The van der Waals surface area contributed by atoms with Gasteiger partial charge in [0.05, 0.1) is 11.3 Å². The van der Waals surface area contributed by atoms with Crippen LogP contribution in [0.4, 0.5) is 0 Å². The summed E-state index contributed by atoms with van der Waals surface area (Å²) >= 11 is 5.08. The SMILES string of the molecule is CCc1nn(C)cc1C(=O)NC(C(N)=S)c1ccccc1. The van der Waals surface area contributed by atoms with E-state index in [0.717, 1.165) is 11.3 Å². The van der Waals surface area contributed by atoms with Crippen LogP contribution in [-0.2, 0) is 13.5 Å². The molecule has 1 atom stereocenters. The van der Waals surface area contributed by atoms with Gasteiger partial charge in [0.1, 0.15) is 11.0 Å². The predicted molar refractivity (Wildman–Crippen MR) is 86.0 cm³/mol. The van der Waals surface area contributed by atoms with E-state index in [4.69, 9.17) is 18.0 Å². The monoisotopic (exact) mass is 302 g/mol. The molecule has 21 heavy (non-hydrogen) atoms. The summed E-state index contributed by atoms with van der Waals surface area (Å²) in [5.74, 6) is -0.221. The van der Waals surface area contributed by atoms with Gasteiger partial charge in [-0.25, -0.2) is 0 Å². The Morgan fingerprint density at radius 1 is 1.43 bits per heavy atom. The summed E-state index contributed by atoms with van der Waals surface area (Å²) in [5.41, 5.74) is 7.94. The molecule has 0 bridgehead atoms. The summed E-state index contributed by atoms with van der Waals surface area (Å²) < 4.78 is 1.63. The molecule has 1 aromatic carbocycles. The van der Waals surface area contributed by atoms with Gasteiger partial charge in [-0.1, -0.05) is 49.5 Å². The molecule has 0 aliphatic heterocycles. The van der Waals surface area contributed by atoms with Crippen LogP contribution in [0.1, 0.15) is 34.6 Å². The van der Waals surface area contributed by atoms with Crippen molar-refractivity contribution in [3.05, 3.63) is 53.3 Å². The number of hydrogen-bond acceptors (Lipinski definition) is 3. The molecule has 0 saturated carbocycles. The number of aromatic nitrogens is 2. The fraction of sp³-hybridized carbons (Fsp3) is 0.267. The second-order valence-corrected chi connectivity index (χ2v) is 5.21. The number of amides is 1. The molecule has 0 fully saturated rings. The van der Waals surface area contributed by atoms with Crippen molar-refractivity contribution >= 4 is 23.1 Å². The summed E-state index contributed by atoms with van der Waals surface area (Å²) in [5, 5.41) is 7.15. The highest BCUT2D eigenvalue weighted by Crippen LogP contribution is 2.15. The minimum absolute atomic E-state index is 0.221. The van der Waals surface area contributed by atoms with Gasteiger partial charge in [-0.2, -0.15) is 5.10 Å². The molecule has 0 aliphatic rings. The summed E-state index contributed by atoms with van der Waals surface area (Å²) in [6.45, 7) is 1.96. The molecule has 1 aromatic heterocycles. The zero-order valence-electron chi connectivity index (χ0n) is 12.0. The Bertz CT molecular complexity index is 651. The normalized spacial score (nSPS) is 11.9. The summed E-state index contributed by atoms with van der Waals surface area (Å²) in [4.78, 5) is 12.7. The number of aryl methyl sites for hydroxylation is 2. The second-order valence-electron chi connectivity index (χ2n) is 4.74. The molecule has 1 amide bonds. The molecule has 1 unspecified atom stereocenters. The van der Waals surface area contributed by atoms with Crippen molar-refractivity contribution < 1.29 is 4.79 Å². The molecule has 2 rings (SSSR count). The summed E-state index contributed by atoms with van der Waals surface area (Å²) in [6.07, 6.45) is 2.39. The van der Waals surface area contributed by atoms with Crippen LogP contribution in [0.15, 0.2) is 36.5 Å². The maximum absolute atomic E-state index is 12.4. The number of thiocarbonyl (C=S) groups is 1. The van der Waals surface area contributed by atoms with Crippen molar-refractivity contribution in [1.82, 2.24) is 15.1 Å². The van der Waals surface area contributed by atoms with Crippen LogP contribution in [0.2, 0.25) is 0 Å². The molecule has 0 spiro atoms. The van der Waals surface area contributed by atoms with E-state index in [1.165, 1.54) is 0 Å². The van der Waals surface area contributed by atoms with Gasteiger partial charge in [0, 0.05) is 13.2 Å². The predicted octanol–water partition coefficient (Wildman–Crippen LogP) is 1.74. The number of hydrogen-bond donors (Lipinski definition) is 2. The Hall–Kier alpha value is -2.21. The topological polar surface area (TPSA) is 72.9 Å². The Balaban J connectivity index is 2.25. The number of carbonyl (C=O) groups excluding carboxylic acids is 1. The lowest BCUT2D eigenvalue weighted by molar-refractivity contribution is 0.0946. The maximum Gasteiger partial charge on any atom is 0.255 e. The summed E-state index contributed by atoms with van der Waals surface area (Å²) in [7, 11) is 1.79. The van der Waals surface area contributed by atoms with Crippen LogP contribution < -0.4 is 11.1 Å². The number of rotatable bonds is 5. The first-order valence-electron chi connectivity index (χ1n) is 6.70. The van der Waals surface area contributed by atoms with Gasteiger partial charge >= 0.3 is 0 Å².